The molecule has 1 saturated heterocycles. The van der Waals surface area contributed by atoms with Gasteiger partial charge in [0.25, 0.3) is 5.91 Å². The number of nitrogens with zero attached hydrogens (tertiary/aromatic N) is 3. The lowest BCUT2D eigenvalue weighted by Gasteiger charge is -2.34. The van der Waals surface area contributed by atoms with Crippen LogP contribution in [0.15, 0.2) is 48.6 Å². The van der Waals surface area contributed by atoms with Crippen molar-refractivity contribution < 1.29 is 14.7 Å². The maximum Gasteiger partial charge on any atom is 0.250 e. The van der Waals surface area contributed by atoms with Gasteiger partial charge in [0, 0.05) is 64.4 Å². The van der Waals surface area contributed by atoms with Gasteiger partial charge in [0.1, 0.15) is 0 Å². The van der Waals surface area contributed by atoms with Crippen LogP contribution in [-0.4, -0.2) is 103 Å². The molecule has 0 spiro atoms. The fourth-order valence-electron chi connectivity index (χ4n) is 4.69. The lowest BCUT2D eigenvalue weighted by Crippen LogP contribution is -2.47. The van der Waals surface area contributed by atoms with E-state index in [1.807, 2.05) is 6.92 Å². The van der Waals surface area contributed by atoms with Gasteiger partial charge in [-0.2, -0.15) is 0 Å². The number of piperazine rings is 1. The van der Waals surface area contributed by atoms with E-state index in [0.29, 0.717) is 31.0 Å². The molecule has 0 aliphatic carbocycles. The molecule has 2 unspecified atom stereocenters. The number of unbranched alkanes of at least 4 members (excludes halogenated alkanes) is 2. The second-order valence-corrected chi connectivity index (χ2v) is 10.5. The summed E-state index contributed by atoms with van der Waals surface area (Å²) in [6.07, 6.45) is 11.8. The van der Waals surface area contributed by atoms with E-state index >= 15 is 0 Å². The molecule has 1 rings (SSSR count). The smallest absolute Gasteiger partial charge is 0.250 e. The largest absolute Gasteiger partial charge is 0.390 e. The first-order chi connectivity index (χ1) is 18.2. The Morgan fingerprint density at radius 3 is 2.42 bits per heavy atom. The molecule has 0 aromatic heterocycles. The number of nitrogens with one attached hydrogen (secondary N) is 1. The Kier molecular flexibility index (Phi) is 17.6. The molecule has 0 saturated carbocycles. The number of primary amides is 1. The number of amides is 2. The van der Waals surface area contributed by atoms with E-state index in [4.69, 9.17) is 5.73 Å². The van der Waals surface area contributed by atoms with E-state index in [1.165, 1.54) is 6.42 Å². The normalized spacial score (nSPS) is 17.0. The van der Waals surface area contributed by atoms with E-state index in [0.717, 1.165) is 70.6 Å². The summed E-state index contributed by atoms with van der Waals surface area (Å²) in [6.45, 7) is 22.1. The summed E-state index contributed by atoms with van der Waals surface area (Å²) in [4.78, 5) is 30.6. The molecule has 8 nitrogen and oxygen atoms in total. The van der Waals surface area contributed by atoms with E-state index in [-0.39, 0.29) is 18.4 Å². The summed E-state index contributed by atoms with van der Waals surface area (Å²) in [5, 5.41) is 13.5. The standard InChI is InChI=1S/C30H53N5O3/c1-6-9-10-14-35(22-25(4)12-7-2)24-28(36)21-32-30(38)26(5)20-27(8-3)23-34-18-16-33(17-19-34)15-11-13-29(31)37/h7-8,12,20,25,28,36H,3,5-6,9-11,13-19,21-24H2,1-2,4H3,(H2,31,37)(H,32,38)/b12-7-,27-20+. The third kappa shape index (κ3) is 15.2. The monoisotopic (exact) mass is 531 g/mol. The number of hydrogen-bond donors (Lipinski definition) is 3. The van der Waals surface area contributed by atoms with Crippen LogP contribution >= 0.6 is 0 Å². The Bertz CT molecular complexity index is 787. The molecule has 4 N–H and O–H groups in total. The fourth-order valence-corrected chi connectivity index (χ4v) is 4.69. The Hall–Kier alpha value is -2.26. The molecule has 216 valence electrons. The van der Waals surface area contributed by atoms with Crippen LogP contribution in [0, 0.1) is 5.92 Å². The third-order valence-electron chi connectivity index (χ3n) is 6.79. The molecule has 1 heterocycles. The van der Waals surface area contributed by atoms with Crippen LogP contribution < -0.4 is 11.1 Å². The number of carbonyl (C=O) groups excluding carboxylic acids is 2. The van der Waals surface area contributed by atoms with Crippen molar-refractivity contribution in [2.24, 2.45) is 11.7 Å². The molecule has 1 aliphatic heterocycles. The molecule has 2 atom stereocenters. The Morgan fingerprint density at radius 1 is 1.13 bits per heavy atom. The van der Waals surface area contributed by atoms with Crippen molar-refractivity contribution in [3.8, 4) is 0 Å². The van der Waals surface area contributed by atoms with Crippen molar-refractivity contribution in [1.82, 2.24) is 20.0 Å². The van der Waals surface area contributed by atoms with Gasteiger partial charge in [0.15, 0.2) is 0 Å². The minimum absolute atomic E-state index is 0.190. The van der Waals surface area contributed by atoms with Gasteiger partial charge in [0.2, 0.25) is 5.91 Å². The van der Waals surface area contributed by atoms with Crippen molar-refractivity contribution in [2.45, 2.75) is 59.0 Å². The Morgan fingerprint density at radius 2 is 1.82 bits per heavy atom. The first kappa shape index (κ1) is 33.8. The van der Waals surface area contributed by atoms with Crippen molar-refractivity contribution >= 4 is 11.8 Å². The van der Waals surface area contributed by atoms with Gasteiger partial charge in [-0.3, -0.25) is 14.5 Å². The molecule has 38 heavy (non-hydrogen) atoms. The zero-order valence-corrected chi connectivity index (χ0v) is 24.2. The number of aliphatic hydroxyl groups is 1. The molecule has 0 radical (unpaired) electrons. The summed E-state index contributed by atoms with van der Waals surface area (Å²) in [5.74, 6) is -0.111. The maximum atomic E-state index is 12.7. The SMILES string of the molecule is C=C/C(=C\C(=C)C(=O)NCC(O)CN(CCCCC)CC(C)/C=C\C)CN1CCN(CCCC(N)=O)CC1. The van der Waals surface area contributed by atoms with Crippen LogP contribution in [0.25, 0.3) is 0 Å². The predicted molar refractivity (Wildman–Crippen MR) is 158 cm³/mol. The van der Waals surface area contributed by atoms with E-state index in [2.05, 4.69) is 59.2 Å². The van der Waals surface area contributed by atoms with Crippen LogP contribution in [0.3, 0.4) is 0 Å². The van der Waals surface area contributed by atoms with Crippen LogP contribution in [0.4, 0.5) is 0 Å². The molecule has 0 bridgehead atoms. The van der Waals surface area contributed by atoms with Gasteiger partial charge in [-0.15, -0.1) is 0 Å². The van der Waals surface area contributed by atoms with Gasteiger partial charge in [-0.25, -0.2) is 0 Å². The molecule has 1 aliphatic rings. The number of carbonyl (C=O) groups is 2. The molecular formula is C30H53N5O3. The lowest BCUT2D eigenvalue weighted by atomic mass is 10.1. The van der Waals surface area contributed by atoms with Gasteiger partial charge < -0.3 is 26.0 Å². The van der Waals surface area contributed by atoms with Crippen LogP contribution in [0.1, 0.15) is 52.9 Å². The second kappa shape index (κ2) is 19.8. The Balaban J connectivity index is 2.49. The third-order valence-corrected chi connectivity index (χ3v) is 6.79. The van der Waals surface area contributed by atoms with E-state index < -0.39 is 6.10 Å². The van der Waals surface area contributed by atoms with Crippen LogP contribution in [-0.2, 0) is 9.59 Å². The molecular weight excluding hydrogens is 478 g/mol. The molecule has 8 heteroatoms. The summed E-state index contributed by atoms with van der Waals surface area (Å²) in [6, 6.07) is 0. The zero-order chi connectivity index (χ0) is 28.3. The van der Waals surface area contributed by atoms with Crippen molar-refractivity contribution in [1.29, 1.82) is 0 Å². The number of allylic oxidation sites excluding steroid dienone is 1. The molecule has 0 aromatic carbocycles. The molecule has 2 amide bonds. The number of aliphatic hydroxyl groups excluding tert-OH is 1. The first-order valence-corrected chi connectivity index (χ1v) is 14.2. The summed E-state index contributed by atoms with van der Waals surface area (Å²) in [7, 11) is 0. The van der Waals surface area contributed by atoms with Gasteiger partial charge in [-0.1, -0.05) is 58.1 Å². The van der Waals surface area contributed by atoms with E-state index in [1.54, 1.807) is 12.2 Å². The maximum absolute atomic E-state index is 12.7. The van der Waals surface area contributed by atoms with Crippen molar-refractivity contribution in [2.75, 3.05) is 65.4 Å². The number of hydrogen-bond acceptors (Lipinski definition) is 6. The van der Waals surface area contributed by atoms with Crippen molar-refractivity contribution in [3.05, 3.63) is 48.6 Å². The van der Waals surface area contributed by atoms with Crippen molar-refractivity contribution in [3.63, 3.8) is 0 Å². The topological polar surface area (TPSA) is 102 Å². The average molecular weight is 532 g/mol. The number of rotatable bonds is 20. The highest BCUT2D eigenvalue weighted by atomic mass is 16.3. The molecule has 0 aromatic rings. The lowest BCUT2D eigenvalue weighted by molar-refractivity contribution is -0.118. The highest BCUT2D eigenvalue weighted by Crippen LogP contribution is 2.10. The fraction of sp³-hybridized carbons (Fsp3) is 0.667. The van der Waals surface area contributed by atoms with E-state index in [9.17, 15) is 14.7 Å². The summed E-state index contributed by atoms with van der Waals surface area (Å²) < 4.78 is 0. The number of nitrogens with two attached hydrogens (primary N) is 1. The second-order valence-electron chi connectivity index (χ2n) is 10.5. The first-order valence-electron chi connectivity index (χ1n) is 14.2. The van der Waals surface area contributed by atoms with Gasteiger partial charge in [0.05, 0.1) is 6.10 Å². The highest BCUT2D eigenvalue weighted by molar-refractivity contribution is 5.95. The minimum Gasteiger partial charge on any atom is -0.390 e. The van der Waals surface area contributed by atoms with Crippen LogP contribution in [0.2, 0.25) is 0 Å². The van der Waals surface area contributed by atoms with Crippen LogP contribution in [0.5, 0.6) is 0 Å². The molecule has 1 fully saturated rings. The average Bonchev–Trinajstić information content (AvgIpc) is 2.87. The minimum atomic E-state index is -0.645. The highest BCUT2D eigenvalue weighted by Gasteiger charge is 2.18. The Labute approximate surface area is 231 Å². The quantitative estimate of drug-likeness (QED) is 0.0967. The summed E-state index contributed by atoms with van der Waals surface area (Å²) in [5.41, 5.74) is 6.52. The zero-order valence-electron chi connectivity index (χ0n) is 24.2. The van der Waals surface area contributed by atoms with Gasteiger partial charge in [-0.05, 0) is 50.4 Å². The summed E-state index contributed by atoms with van der Waals surface area (Å²) >= 11 is 0. The predicted octanol–water partition coefficient (Wildman–Crippen LogP) is 2.72. The van der Waals surface area contributed by atoms with Gasteiger partial charge >= 0.3 is 0 Å².